The molecule has 0 aliphatic carbocycles. The Kier molecular flexibility index (Phi) is 35.5. The van der Waals surface area contributed by atoms with E-state index in [0.29, 0.717) is 24.1 Å². The highest BCUT2D eigenvalue weighted by molar-refractivity contribution is 7.84. The van der Waals surface area contributed by atoms with Gasteiger partial charge < -0.3 is 69.2 Å². The third kappa shape index (κ3) is 29.7. The molecule has 0 saturated carbocycles. The Morgan fingerprint density at radius 2 is 1.32 bits per heavy atom. The number of phenols is 1. The number of Topliss-reactive ketones (excluding diaryl/α,β-unsaturated/α-hetero) is 6. The van der Waals surface area contributed by atoms with Gasteiger partial charge in [0.15, 0.2) is 29.1 Å². The number of rotatable bonds is 47. The maximum atomic E-state index is 14.5. The van der Waals surface area contributed by atoms with E-state index in [1.54, 1.807) is 13.8 Å². The van der Waals surface area contributed by atoms with Gasteiger partial charge in [-0.2, -0.15) is 0 Å². The molecule has 0 saturated heterocycles. The number of aliphatic hydroxyl groups excluding tert-OH is 1. The summed E-state index contributed by atoms with van der Waals surface area (Å²) < 4.78 is 28.6. The SMILES string of the molecule is CC[C@H](C)[C@H](N)C(=O)C[C@@H](Cc1cnc[nH]1)C(=O)C[C@@H](CCS(C)=O)C(=O)C[C@H](C(=O)N[C@@H](Cc1ccc(O)cc1)C(=O)C[C@@H](CO)C(=O)N[C@@H](CCCCN)C(=O)C[C@@H](CCCN=C(N)N)C(=O)N[C@@H](COP(=O)(O)O)C(=O)CCC(=O)NC)C(C)C. The van der Waals surface area contributed by atoms with Gasteiger partial charge in [-0.15, -0.1) is 0 Å². The zero-order valence-electron chi connectivity index (χ0n) is 51.3. The van der Waals surface area contributed by atoms with E-state index in [0.717, 1.165) is 0 Å². The van der Waals surface area contributed by atoms with Gasteiger partial charge in [0, 0.05) is 117 Å². The quantitative estimate of drug-likeness (QED) is 0.0185. The lowest BCUT2D eigenvalue weighted by atomic mass is 9.80. The summed E-state index contributed by atoms with van der Waals surface area (Å²) >= 11 is 0. The van der Waals surface area contributed by atoms with Gasteiger partial charge in [0.05, 0.1) is 43.6 Å². The van der Waals surface area contributed by atoms with E-state index in [4.69, 9.17) is 22.9 Å². The summed E-state index contributed by atoms with van der Waals surface area (Å²) in [6, 6.07) is 0.421. The second-order valence-corrected chi connectivity index (χ2v) is 25.4. The third-order valence-electron chi connectivity index (χ3n) is 15.4. The number of hydrogen-bond acceptors (Lipinski definition) is 19. The van der Waals surface area contributed by atoms with Crippen LogP contribution in [-0.4, -0.2) is 168 Å². The third-order valence-corrected chi connectivity index (χ3v) is 16.7. The molecule has 88 heavy (non-hydrogen) atoms. The molecule has 1 unspecified atom stereocenters. The number of aromatic hydroxyl groups is 1. The molecule has 0 radical (unpaired) electrons. The molecule has 28 nitrogen and oxygen atoms in total. The van der Waals surface area contributed by atoms with Crippen molar-refractivity contribution in [3.05, 3.63) is 48.0 Å². The molecule has 1 aromatic heterocycles. The fraction of sp³-hybridized carbons (Fsp3) is 0.655. The minimum Gasteiger partial charge on any atom is -0.508 e. The van der Waals surface area contributed by atoms with E-state index < -0.39 is 170 Å². The lowest BCUT2D eigenvalue weighted by molar-refractivity contribution is -0.137. The second-order valence-electron chi connectivity index (χ2n) is 22.6. The number of phosphoric acid groups is 1. The van der Waals surface area contributed by atoms with Crippen LogP contribution in [0.1, 0.15) is 129 Å². The summed E-state index contributed by atoms with van der Waals surface area (Å²) in [6.45, 7) is 5.34. The standard InChI is InChI=1S/C58H94N11O17PS/c1-7-35(4)54(60)52(77)27-39(24-41-30-64-33-66-41)48(73)25-37(19-22-88(6)85)49(74)29-43(34(2)3)57(81)68-45(23-36-13-15-42(71)16-14-36)51(76)28-40(31-70)56(80)67-44(12-8-9-20-59)50(75)26-38(11-10-21-65-58(61)62)55(79)69-46(32-86-87(82,83)84)47(72)17-18-53(78)63-5/h13-16,30,33-35,37-40,43-46,54,70-71H,7-12,17-29,31-32,59-60H2,1-6H3,(H,63,78)(H,64,66)(H,67,80)(H,68,81)(H,69,79)(H4,61,62,65)(H2,82,83,84)/t35-,37+,38+,39+,40-,43-,44-,45-,46-,54-,88?/m0/s1. The Bertz CT molecular complexity index is 2710. The van der Waals surface area contributed by atoms with Crippen LogP contribution in [0.3, 0.4) is 0 Å². The minimum atomic E-state index is -5.18. The van der Waals surface area contributed by atoms with Crippen molar-refractivity contribution >= 4 is 82.9 Å². The van der Waals surface area contributed by atoms with Crippen LogP contribution < -0.4 is 44.2 Å². The van der Waals surface area contributed by atoms with Gasteiger partial charge >= 0.3 is 7.82 Å². The van der Waals surface area contributed by atoms with Crippen molar-refractivity contribution in [2.75, 3.05) is 45.4 Å². The van der Waals surface area contributed by atoms with Gasteiger partial charge in [-0.05, 0) is 87.4 Å². The fourth-order valence-corrected chi connectivity index (χ4v) is 10.6. The van der Waals surface area contributed by atoms with Crippen LogP contribution in [0.5, 0.6) is 5.75 Å². The number of phosphoric ester groups is 1. The molecule has 2 aromatic rings. The number of aromatic amines is 1. The number of carbonyl (C=O) groups is 10. The molecule has 0 fully saturated rings. The molecule has 11 atom stereocenters. The maximum Gasteiger partial charge on any atom is 0.469 e. The molecule has 30 heteroatoms. The molecule has 17 N–H and O–H groups in total. The maximum absolute atomic E-state index is 14.5. The number of nitrogens with one attached hydrogen (secondary N) is 5. The van der Waals surface area contributed by atoms with Crippen LogP contribution >= 0.6 is 7.82 Å². The Balaban J connectivity index is 2.51. The number of ketones is 6. The highest BCUT2D eigenvalue weighted by Crippen LogP contribution is 2.36. The van der Waals surface area contributed by atoms with E-state index in [-0.39, 0.29) is 106 Å². The Morgan fingerprint density at radius 1 is 0.727 bits per heavy atom. The lowest BCUT2D eigenvalue weighted by Gasteiger charge is -2.27. The number of guanidine groups is 1. The van der Waals surface area contributed by atoms with Crippen molar-refractivity contribution in [2.24, 2.45) is 69.4 Å². The summed E-state index contributed by atoms with van der Waals surface area (Å²) in [5, 5.41) is 30.8. The first-order valence-electron chi connectivity index (χ1n) is 29.6. The molecule has 0 spiro atoms. The Labute approximate surface area is 516 Å². The first-order valence-corrected chi connectivity index (χ1v) is 32.8. The van der Waals surface area contributed by atoms with E-state index in [9.17, 15) is 76.7 Å². The van der Waals surface area contributed by atoms with Gasteiger partial charge in [0.25, 0.3) is 0 Å². The molecule has 0 bridgehead atoms. The van der Waals surface area contributed by atoms with Crippen LogP contribution in [0.4, 0.5) is 0 Å². The summed E-state index contributed by atoms with van der Waals surface area (Å²) in [5.41, 5.74) is 24.0. The van der Waals surface area contributed by atoms with Crippen molar-refractivity contribution < 1.29 is 81.2 Å². The van der Waals surface area contributed by atoms with Crippen LogP contribution in [-0.2, 0) is 80.7 Å². The zero-order chi connectivity index (χ0) is 66.3. The van der Waals surface area contributed by atoms with Gasteiger partial charge in [-0.3, -0.25) is 61.7 Å². The molecule has 4 amide bonds. The van der Waals surface area contributed by atoms with Crippen LogP contribution in [0.2, 0.25) is 0 Å². The number of nitrogens with zero attached hydrogens (tertiary/aromatic N) is 2. The molecule has 1 heterocycles. The average molecular weight is 1280 g/mol. The number of H-pyrrole nitrogens is 1. The van der Waals surface area contributed by atoms with Crippen molar-refractivity contribution in [1.82, 2.24) is 31.2 Å². The summed E-state index contributed by atoms with van der Waals surface area (Å²) in [6.07, 6.45) is 2.52. The van der Waals surface area contributed by atoms with Gasteiger partial charge in [0.1, 0.15) is 23.4 Å². The first-order chi connectivity index (χ1) is 41.4. The molecular formula is C58H94N11O17PS. The van der Waals surface area contributed by atoms with Crippen molar-refractivity contribution in [3.63, 3.8) is 0 Å². The van der Waals surface area contributed by atoms with Gasteiger partial charge in [-0.25, -0.2) is 9.55 Å². The van der Waals surface area contributed by atoms with E-state index in [1.807, 2.05) is 13.8 Å². The number of nitrogens with two attached hydrogens (primary N) is 4. The molecule has 2 rings (SSSR count). The van der Waals surface area contributed by atoms with E-state index >= 15 is 0 Å². The zero-order valence-corrected chi connectivity index (χ0v) is 53.0. The summed E-state index contributed by atoms with van der Waals surface area (Å²) in [4.78, 5) is 169. The average Bonchev–Trinajstić information content (AvgIpc) is 4.13. The van der Waals surface area contributed by atoms with Crippen LogP contribution in [0.25, 0.3) is 0 Å². The largest absolute Gasteiger partial charge is 0.508 e. The number of imidazole rings is 1. The van der Waals surface area contributed by atoms with Crippen LogP contribution in [0, 0.1) is 41.4 Å². The molecule has 494 valence electrons. The monoisotopic (exact) mass is 1280 g/mol. The molecule has 0 aliphatic heterocycles. The van der Waals surface area contributed by atoms with Crippen molar-refractivity contribution in [1.29, 1.82) is 0 Å². The minimum absolute atomic E-state index is 0.00977. The highest BCUT2D eigenvalue weighted by Gasteiger charge is 2.37. The number of benzene rings is 1. The number of aromatic nitrogens is 2. The van der Waals surface area contributed by atoms with Crippen molar-refractivity contribution in [3.8, 4) is 5.75 Å². The predicted octanol–water partition coefficient (Wildman–Crippen LogP) is 0.409. The van der Waals surface area contributed by atoms with E-state index in [2.05, 4.69) is 40.8 Å². The van der Waals surface area contributed by atoms with Crippen LogP contribution in [0.15, 0.2) is 41.8 Å². The number of hydrogen-bond donors (Lipinski definition) is 13. The smallest absolute Gasteiger partial charge is 0.469 e. The Morgan fingerprint density at radius 3 is 1.89 bits per heavy atom. The number of carbonyl (C=O) groups excluding carboxylic acids is 10. The predicted molar refractivity (Wildman–Crippen MR) is 327 cm³/mol. The topological polar surface area (TPSA) is 488 Å². The molecule has 1 aromatic carbocycles. The molecule has 0 aliphatic rings. The number of unbranched alkanes of at least 4 members (excludes halogenated alkanes) is 1. The van der Waals surface area contributed by atoms with E-state index in [1.165, 1.54) is 50.1 Å². The summed E-state index contributed by atoms with van der Waals surface area (Å²) in [5.74, 6) is -13.6. The summed E-state index contributed by atoms with van der Waals surface area (Å²) in [7, 11) is -5.24. The number of phenolic OH excluding ortho intramolecular Hbond substituents is 1. The lowest BCUT2D eigenvalue weighted by Crippen LogP contribution is -2.50. The number of aliphatic imine (C=N–C) groups is 1. The molecular weight excluding hydrogens is 1190 g/mol. The van der Waals surface area contributed by atoms with Gasteiger partial charge in [-0.1, -0.05) is 46.2 Å². The normalized spacial score (nSPS) is 15.4. The van der Waals surface area contributed by atoms with Crippen molar-refractivity contribution in [2.45, 2.75) is 155 Å². The number of aliphatic hydroxyl groups is 1. The second kappa shape index (κ2) is 40.2. The highest BCUT2D eigenvalue weighted by atomic mass is 32.2. The fourth-order valence-electron chi connectivity index (χ4n) is 9.60. The number of amides is 4. The Hall–Kier alpha value is -6.46. The first kappa shape index (κ1) is 77.6. The van der Waals surface area contributed by atoms with Gasteiger partial charge in [0.2, 0.25) is 23.6 Å².